The third kappa shape index (κ3) is 5.08. The van der Waals surface area contributed by atoms with Gasteiger partial charge in [-0.15, -0.1) is 0 Å². The van der Waals surface area contributed by atoms with Gasteiger partial charge in [-0.25, -0.2) is 0 Å². The molecule has 0 aliphatic rings. The van der Waals surface area contributed by atoms with Crippen LogP contribution in [0.15, 0.2) is 191 Å². The molecule has 0 saturated heterocycles. The summed E-state index contributed by atoms with van der Waals surface area (Å²) in [6, 6.07) is 67.3. The average Bonchev–Trinajstić information content (AvgIpc) is 4.05. The van der Waals surface area contributed by atoms with Gasteiger partial charge in [0.15, 0.2) is 0 Å². The van der Waals surface area contributed by atoms with Crippen LogP contribution < -0.4 is 0 Å². The molecule has 0 spiro atoms. The summed E-state index contributed by atoms with van der Waals surface area (Å²) in [4.78, 5) is 0. The molecule has 0 amide bonds. The van der Waals surface area contributed by atoms with Crippen LogP contribution >= 0.6 is 0 Å². The van der Waals surface area contributed by atoms with Crippen LogP contribution in [0.2, 0.25) is 0 Å². The van der Waals surface area contributed by atoms with E-state index in [1.165, 1.54) is 98.6 Å². The molecule has 0 saturated carbocycles. The van der Waals surface area contributed by atoms with Crippen molar-refractivity contribution in [1.29, 1.82) is 0 Å². The number of nitrogens with zero attached hydrogens (tertiary/aromatic N) is 1. The fourth-order valence-corrected chi connectivity index (χ4v) is 10.5. The lowest BCUT2D eigenvalue weighted by Crippen LogP contribution is -2.10. The van der Waals surface area contributed by atoms with E-state index >= 15 is 0 Å². The topological polar surface area (TPSA) is 30.7 Å². The number of fused-ring (bicyclic) bond motifs is 14. The number of benzene rings is 10. The van der Waals surface area contributed by atoms with Gasteiger partial charge in [-0.3, -0.25) is 0 Å². The van der Waals surface area contributed by atoms with Gasteiger partial charge < -0.3 is 13.2 Å². The zero-order chi connectivity index (χ0) is 41.7. The molecule has 0 aliphatic heterocycles. The van der Waals surface area contributed by atoms with Gasteiger partial charge in [-0.2, -0.15) is 0 Å². The molecule has 0 bridgehead atoms. The number of rotatable bonds is 3. The third-order valence-electron chi connectivity index (χ3n) is 13.8. The maximum atomic E-state index is 6.18. The van der Waals surface area contributed by atoms with Gasteiger partial charge in [0.05, 0.1) is 16.6 Å². The molecule has 4 aromatic heterocycles. The summed E-state index contributed by atoms with van der Waals surface area (Å²) in [7, 11) is 0. The molecule has 296 valence electrons. The summed E-state index contributed by atoms with van der Waals surface area (Å²) < 4.78 is 14.9. The first-order valence-electron chi connectivity index (χ1n) is 21.9. The van der Waals surface area contributed by atoms with E-state index in [-0.39, 0.29) is 5.41 Å². The Hall–Kier alpha value is -7.88. The Morgan fingerprint density at radius 3 is 1.25 bits per heavy atom. The lowest BCUT2D eigenvalue weighted by Gasteiger charge is -2.19. The van der Waals surface area contributed by atoms with Crippen LogP contribution in [0.3, 0.4) is 0 Å². The Labute approximate surface area is 362 Å². The van der Waals surface area contributed by atoms with Crippen molar-refractivity contribution in [2.24, 2.45) is 0 Å². The van der Waals surface area contributed by atoms with E-state index in [2.05, 4.69) is 183 Å². The van der Waals surface area contributed by atoms with Gasteiger partial charge >= 0.3 is 0 Å². The van der Waals surface area contributed by atoms with Crippen molar-refractivity contribution in [3.63, 3.8) is 0 Å². The molecule has 3 heteroatoms. The molecule has 3 nitrogen and oxygen atoms in total. The van der Waals surface area contributed by atoms with Gasteiger partial charge in [0.1, 0.15) is 22.3 Å². The van der Waals surface area contributed by atoms with Crippen LogP contribution in [0.5, 0.6) is 0 Å². The molecule has 14 aromatic rings. The number of aromatic nitrogens is 1. The molecule has 0 atom stereocenters. The lowest BCUT2D eigenvalue weighted by molar-refractivity contribution is 0.590. The predicted octanol–water partition coefficient (Wildman–Crippen LogP) is 17.2. The summed E-state index contributed by atoms with van der Waals surface area (Å²) in [5.41, 5.74) is 16.0. The molecule has 0 aliphatic carbocycles. The summed E-state index contributed by atoms with van der Waals surface area (Å²) >= 11 is 0. The molecule has 0 N–H and O–H groups in total. The molecule has 0 fully saturated rings. The second kappa shape index (κ2) is 12.4. The van der Waals surface area contributed by atoms with E-state index in [4.69, 9.17) is 8.83 Å². The van der Waals surface area contributed by atoms with Crippen molar-refractivity contribution in [2.75, 3.05) is 0 Å². The number of furan rings is 2. The third-order valence-corrected chi connectivity index (χ3v) is 13.8. The Balaban J connectivity index is 0.996. The highest BCUT2D eigenvalue weighted by molar-refractivity contribution is 6.27. The minimum Gasteiger partial charge on any atom is -0.456 e. The molecule has 0 unspecified atom stereocenters. The standard InChI is InChI=1S/C60H39NO2/c1-60(2,3)44-20-16-34(17-21-44)43-30-51-47-26-39-14-12-35(37-18-22-57-49(28-37)45-8-4-6-10-55(45)62-57)24-41(39)32-53(47)61-54-33-42-25-36(13-15-40(42)27-48(54)52(31-43)59(51)61)38-19-23-58-50(29-38)46-9-5-7-11-56(46)63-58/h4-33H,1-3H3. The smallest absolute Gasteiger partial charge is 0.135 e. The monoisotopic (exact) mass is 805 g/mol. The quantitative estimate of drug-likeness (QED) is 0.178. The predicted molar refractivity (Wildman–Crippen MR) is 266 cm³/mol. The number of hydrogen-bond acceptors (Lipinski definition) is 2. The summed E-state index contributed by atoms with van der Waals surface area (Å²) in [6.07, 6.45) is 0. The molecule has 0 radical (unpaired) electrons. The maximum Gasteiger partial charge on any atom is 0.135 e. The van der Waals surface area contributed by atoms with Crippen LogP contribution in [-0.2, 0) is 5.41 Å². The van der Waals surface area contributed by atoms with Crippen LogP contribution in [0.4, 0.5) is 0 Å². The first-order valence-corrected chi connectivity index (χ1v) is 21.9. The normalized spacial score (nSPS) is 12.7. The summed E-state index contributed by atoms with van der Waals surface area (Å²) in [5, 5.41) is 14.6. The highest BCUT2D eigenvalue weighted by Gasteiger charge is 2.22. The molecule has 4 heterocycles. The number of para-hydroxylation sites is 2. The van der Waals surface area contributed by atoms with E-state index in [1.807, 2.05) is 24.3 Å². The van der Waals surface area contributed by atoms with E-state index in [1.54, 1.807) is 0 Å². The Morgan fingerprint density at radius 2 is 0.746 bits per heavy atom. The van der Waals surface area contributed by atoms with E-state index in [9.17, 15) is 0 Å². The summed E-state index contributed by atoms with van der Waals surface area (Å²) in [6.45, 7) is 6.84. The second-order valence-corrected chi connectivity index (χ2v) is 18.6. The first-order chi connectivity index (χ1) is 30.8. The van der Waals surface area contributed by atoms with Gasteiger partial charge in [-0.1, -0.05) is 118 Å². The fraction of sp³-hybridized carbons (Fsp3) is 0.0667. The van der Waals surface area contributed by atoms with Crippen LogP contribution in [0.1, 0.15) is 26.3 Å². The van der Waals surface area contributed by atoms with E-state index in [0.29, 0.717) is 0 Å². The largest absolute Gasteiger partial charge is 0.456 e. The van der Waals surface area contributed by atoms with Crippen molar-refractivity contribution in [2.45, 2.75) is 26.2 Å². The zero-order valence-corrected chi connectivity index (χ0v) is 35.1. The van der Waals surface area contributed by atoms with Crippen molar-refractivity contribution in [3.8, 4) is 33.4 Å². The van der Waals surface area contributed by atoms with Crippen molar-refractivity contribution < 1.29 is 8.83 Å². The molecule has 63 heavy (non-hydrogen) atoms. The maximum absolute atomic E-state index is 6.18. The molecular formula is C60H39NO2. The van der Waals surface area contributed by atoms with Crippen molar-refractivity contribution in [3.05, 3.63) is 188 Å². The minimum atomic E-state index is 0.0888. The minimum absolute atomic E-state index is 0.0888. The highest BCUT2D eigenvalue weighted by Crippen LogP contribution is 2.45. The van der Waals surface area contributed by atoms with Gasteiger partial charge in [-0.05, 0) is 151 Å². The van der Waals surface area contributed by atoms with Crippen LogP contribution in [-0.4, -0.2) is 4.40 Å². The SMILES string of the molecule is CC(C)(C)c1ccc(-c2cc3c4cc5ccc(-c6ccc7oc8ccccc8c7c6)cc5cc4n4c5cc6cc(-c7ccc8oc9ccccc9c8c7)ccc6cc5c(c2)c34)cc1. The Morgan fingerprint density at radius 1 is 0.317 bits per heavy atom. The van der Waals surface area contributed by atoms with Crippen molar-refractivity contribution in [1.82, 2.24) is 4.40 Å². The lowest BCUT2D eigenvalue weighted by atomic mass is 9.86. The van der Waals surface area contributed by atoms with Crippen LogP contribution in [0, 0.1) is 0 Å². The fourth-order valence-electron chi connectivity index (χ4n) is 10.5. The Kier molecular flexibility index (Phi) is 6.83. The molecular weight excluding hydrogens is 767 g/mol. The van der Waals surface area contributed by atoms with Gasteiger partial charge in [0.25, 0.3) is 0 Å². The van der Waals surface area contributed by atoms with Gasteiger partial charge in [0, 0.05) is 43.1 Å². The summed E-state index contributed by atoms with van der Waals surface area (Å²) in [5.74, 6) is 0. The zero-order valence-electron chi connectivity index (χ0n) is 35.1. The average molecular weight is 806 g/mol. The van der Waals surface area contributed by atoms with Crippen LogP contribution in [0.25, 0.3) is 137 Å². The Bertz CT molecular complexity index is 3990. The first kappa shape index (κ1) is 34.8. The highest BCUT2D eigenvalue weighted by atomic mass is 16.3. The van der Waals surface area contributed by atoms with Crippen molar-refractivity contribution >= 4 is 104 Å². The molecule has 14 rings (SSSR count). The molecule has 10 aromatic carbocycles. The van der Waals surface area contributed by atoms with E-state index < -0.39 is 0 Å². The van der Waals surface area contributed by atoms with E-state index in [0.717, 1.165) is 43.9 Å². The van der Waals surface area contributed by atoms with Gasteiger partial charge in [0.2, 0.25) is 0 Å². The second-order valence-electron chi connectivity index (χ2n) is 18.6. The number of hydrogen-bond donors (Lipinski definition) is 0.